The van der Waals surface area contributed by atoms with Gasteiger partial charge in [-0.2, -0.15) is 0 Å². The minimum Gasteiger partial charge on any atom is -0.464 e. The van der Waals surface area contributed by atoms with Crippen LogP contribution in [-0.4, -0.2) is 30.3 Å². The molecule has 0 bridgehead atoms. The monoisotopic (exact) mass is 263 g/mol. The van der Waals surface area contributed by atoms with Crippen LogP contribution in [0.15, 0.2) is 30.3 Å². The summed E-state index contributed by atoms with van der Waals surface area (Å²) in [6, 6.07) is 7.16. The number of hydrogen-bond acceptors (Lipinski definition) is 4. The minimum absolute atomic E-state index is 0.151. The third-order valence-electron chi connectivity index (χ3n) is 2.50. The number of hydrogen-bond donors (Lipinski definition) is 1. The summed E-state index contributed by atoms with van der Waals surface area (Å²) in [5.41, 5.74) is 0.390. The predicted octanol–water partition coefficient (Wildman–Crippen LogP) is 1.33. The van der Waals surface area contributed by atoms with E-state index in [0.29, 0.717) is 5.56 Å². The summed E-state index contributed by atoms with van der Waals surface area (Å²) < 4.78 is 4.79. The number of Topliss-reactive ketones (excluding diaryl/α,β-unsaturated/α-hetero) is 1. The molecule has 0 spiro atoms. The van der Waals surface area contributed by atoms with E-state index in [4.69, 9.17) is 4.74 Å². The normalized spacial score (nSPS) is 11.5. The molecule has 0 fully saturated rings. The lowest BCUT2D eigenvalue weighted by molar-refractivity contribution is -0.148. The molecule has 1 amide bonds. The number of carbonyl (C=O) groups is 3. The molecule has 1 rings (SSSR count). The maximum atomic E-state index is 11.9. The van der Waals surface area contributed by atoms with Gasteiger partial charge in [0.05, 0.1) is 6.61 Å². The van der Waals surface area contributed by atoms with E-state index >= 15 is 0 Å². The van der Waals surface area contributed by atoms with Crippen LogP contribution >= 0.6 is 0 Å². The molecular formula is C14H17NO4. The van der Waals surface area contributed by atoms with Gasteiger partial charge in [-0.15, -0.1) is 0 Å². The summed E-state index contributed by atoms with van der Waals surface area (Å²) in [5, 5.41) is 2.41. The third kappa shape index (κ3) is 4.21. The number of amides is 1. The lowest BCUT2D eigenvalue weighted by atomic mass is 10.1. The van der Waals surface area contributed by atoms with Gasteiger partial charge in [0.1, 0.15) is 0 Å². The van der Waals surface area contributed by atoms with E-state index < -0.39 is 17.9 Å². The molecule has 0 aromatic heterocycles. The highest BCUT2D eigenvalue weighted by Crippen LogP contribution is 2.02. The first kappa shape index (κ1) is 14.9. The van der Waals surface area contributed by atoms with Crippen LogP contribution < -0.4 is 5.32 Å². The maximum absolute atomic E-state index is 11.9. The van der Waals surface area contributed by atoms with Crippen molar-refractivity contribution >= 4 is 17.7 Å². The summed E-state index contributed by atoms with van der Waals surface area (Å²) in [6.07, 6.45) is 0.151. The van der Waals surface area contributed by atoms with Crippen molar-refractivity contribution in [1.82, 2.24) is 5.32 Å². The Kier molecular flexibility index (Phi) is 5.73. The van der Waals surface area contributed by atoms with Gasteiger partial charge in [0.25, 0.3) is 5.91 Å². The Morgan fingerprint density at radius 3 is 2.32 bits per heavy atom. The Balaban J connectivity index is 2.80. The van der Waals surface area contributed by atoms with Crippen molar-refractivity contribution in [2.45, 2.75) is 26.3 Å². The van der Waals surface area contributed by atoms with E-state index in [-0.39, 0.29) is 18.8 Å². The van der Waals surface area contributed by atoms with Crippen LogP contribution in [0.5, 0.6) is 0 Å². The van der Waals surface area contributed by atoms with Gasteiger partial charge in [-0.25, -0.2) is 4.79 Å². The maximum Gasteiger partial charge on any atom is 0.336 e. The Morgan fingerprint density at radius 1 is 1.16 bits per heavy atom. The van der Waals surface area contributed by atoms with Crippen molar-refractivity contribution in [3.05, 3.63) is 35.9 Å². The van der Waals surface area contributed by atoms with Crippen LogP contribution in [0.3, 0.4) is 0 Å². The molecule has 5 heteroatoms. The summed E-state index contributed by atoms with van der Waals surface area (Å²) in [6.45, 7) is 3.43. The number of ketones is 1. The summed E-state index contributed by atoms with van der Waals surface area (Å²) in [4.78, 5) is 35.2. The molecular weight excluding hydrogens is 246 g/mol. The highest BCUT2D eigenvalue weighted by molar-refractivity contribution is 6.08. The van der Waals surface area contributed by atoms with Gasteiger partial charge in [-0.3, -0.25) is 9.59 Å². The van der Waals surface area contributed by atoms with Crippen molar-refractivity contribution in [2.75, 3.05) is 6.61 Å². The average molecular weight is 263 g/mol. The number of carbonyl (C=O) groups excluding carboxylic acids is 3. The van der Waals surface area contributed by atoms with Crippen LogP contribution in [0.4, 0.5) is 0 Å². The van der Waals surface area contributed by atoms with E-state index in [1.54, 1.807) is 44.2 Å². The van der Waals surface area contributed by atoms with Crippen LogP contribution in [0, 0.1) is 0 Å². The standard InChI is InChI=1S/C14H17NO4/c1-3-11(16)12(14(18)19-4-2)15-13(17)10-8-6-5-7-9-10/h5-9,12H,3-4H2,1-2H3,(H,15,17). The zero-order valence-electron chi connectivity index (χ0n) is 11.0. The van der Waals surface area contributed by atoms with E-state index in [1.807, 2.05) is 0 Å². The van der Waals surface area contributed by atoms with Crippen LogP contribution in [0.1, 0.15) is 30.6 Å². The smallest absolute Gasteiger partial charge is 0.336 e. The van der Waals surface area contributed by atoms with Gasteiger partial charge >= 0.3 is 5.97 Å². The molecule has 0 radical (unpaired) electrons. The fourth-order valence-corrected chi connectivity index (χ4v) is 1.50. The lowest BCUT2D eigenvalue weighted by Gasteiger charge is -2.15. The van der Waals surface area contributed by atoms with Gasteiger partial charge in [0.2, 0.25) is 0 Å². The second-order valence-electron chi connectivity index (χ2n) is 3.84. The van der Waals surface area contributed by atoms with E-state index in [9.17, 15) is 14.4 Å². The SMILES string of the molecule is CCOC(=O)C(NC(=O)c1ccccc1)C(=O)CC. The Morgan fingerprint density at radius 2 is 1.79 bits per heavy atom. The Bertz CT molecular complexity index is 456. The van der Waals surface area contributed by atoms with Gasteiger partial charge < -0.3 is 10.1 Å². The fraction of sp³-hybridized carbons (Fsp3) is 0.357. The first-order valence-corrected chi connectivity index (χ1v) is 6.15. The quantitative estimate of drug-likeness (QED) is 0.620. The minimum atomic E-state index is -1.24. The topological polar surface area (TPSA) is 72.5 Å². The molecule has 19 heavy (non-hydrogen) atoms. The molecule has 0 aliphatic heterocycles. The fourth-order valence-electron chi connectivity index (χ4n) is 1.50. The molecule has 1 unspecified atom stereocenters. The number of rotatable bonds is 6. The van der Waals surface area contributed by atoms with Crippen molar-refractivity contribution in [2.24, 2.45) is 0 Å². The molecule has 0 saturated carbocycles. The van der Waals surface area contributed by atoms with Crippen LogP contribution in [0.2, 0.25) is 0 Å². The molecule has 0 aliphatic carbocycles. The second-order valence-corrected chi connectivity index (χ2v) is 3.84. The van der Waals surface area contributed by atoms with E-state index in [1.165, 1.54) is 0 Å². The molecule has 0 aliphatic rings. The summed E-state index contributed by atoms with van der Waals surface area (Å²) >= 11 is 0. The zero-order valence-corrected chi connectivity index (χ0v) is 11.0. The van der Waals surface area contributed by atoms with E-state index in [0.717, 1.165) is 0 Å². The number of nitrogens with one attached hydrogen (secondary N) is 1. The van der Waals surface area contributed by atoms with Gasteiger partial charge in [0, 0.05) is 12.0 Å². The van der Waals surface area contributed by atoms with Crippen molar-refractivity contribution in [1.29, 1.82) is 0 Å². The summed E-state index contributed by atoms with van der Waals surface area (Å²) in [5.74, 6) is -1.57. The zero-order chi connectivity index (χ0) is 14.3. The van der Waals surface area contributed by atoms with Crippen molar-refractivity contribution in [3.63, 3.8) is 0 Å². The van der Waals surface area contributed by atoms with E-state index in [2.05, 4.69) is 5.32 Å². The largest absolute Gasteiger partial charge is 0.464 e. The van der Waals surface area contributed by atoms with Gasteiger partial charge in [0.15, 0.2) is 11.8 Å². The second kappa shape index (κ2) is 7.31. The van der Waals surface area contributed by atoms with Crippen molar-refractivity contribution < 1.29 is 19.1 Å². The lowest BCUT2D eigenvalue weighted by Crippen LogP contribution is -2.47. The highest BCUT2D eigenvalue weighted by atomic mass is 16.5. The molecule has 0 saturated heterocycles. The number of esters is 1. The Labute approximate surface area is 111 Å². The highest BCUT2D eigenvalue weighted by Gasteiger charge is 2.28. The third-order valence-corrected chi connectivity index (χ3v) is 2.50. The average Bonchev–Trinajstić information content (AvgIpc) is 2.44. The van der Waals surface area contributed by atoms with Gasteiger partial charge in [-0.05, 0) is 19.1 Å². The number of ether oxygens (including phenoxy) is 1. The molecule has 0 heterocycles. The van der Waals surface area contributed by atoms with Crippen molar-refractivity contribution in [3.8, 4) is 0 Å². The Hall–Kier alpha value is -2.17. The van der Waals surface area contributed by atoms with Gasteiger partial charge in [-0.1, -0.05) is 25.1 Å². The molecule has 1 N–H and O–H groups in total. The first-order valence-electron chi connectivity index (χ1n) is 6.15. The molecule has 1 aromatic rings. The molecule has 1 atom stereocenters. The predicted molar refractivity (Wildman–Crippen MR) is 69.6 cm³/mol. The summed E-state index contributed by atoms with van der Waals surface area (Å²) in [7, 11) is 0. The number of benzene rings is 1. The van der Waals surface area contributed by atoms with Crippen LogP contribution in [-0.2, 0) is 14.3 Å². The van der Waals surface area contributed by atoms with Crippen LogP contribution in [0.25, 0.3) is 0 Å². The first-order chi connectivity index (χ1) is 9.10. The molecule has 5 nitrogen and oxygen atoms in total. The molecule has 102 valence electrons. The molecule has 1 aromatic carbocycles.